The molecule has 226 valence electrons. The quantitative estimate of drug-likeness (QED) is 0.230. The smallest absolute Gasteiger partial charge is 0.416 e. The molecule has 0 spiro atoms. The van der Waals surface area contributed by atoms with Crippen LogP contribution < -0.4 is 9.64 Å². The molecule has 10 nitrogen and oxygen atoms in total. The van der Waals surface area contributed by atoms with Crippen LogP contribution in [0.4, 0.5) is 32.3 Å². The maximum atomic E-state index is 13.4. The Balaban J connectivity index is 1.30. The highest BCUT2D eigenvalue weighted by molar-refractivity contribution is 5.93. The lowest BCUT2D eigenvalue weighted by Gasteiger charge is -2.26. The average molecular weight is 607 g/mol. The molecule has 0 N–H and O–H groups in total. The highest BCUT2D eigenvalue weighted by Gasteiger charge is 2.37. The Labute approximate surface area is 240 Å². The zero-order valence-electron chi connectivity index (χ0n) is 22.6. The van der Waals surface area contributed by atoms with Gasteiger partial charge in [0.15, 0.2) is 11.5 Å². The van der Waals surface area contributed by atoms with Crippen molar-refractivity contribution >= 4 is 11.9 Å². The van der Waals surface area contributed by atoms with E-state index in [1.807, 2.05) is 0 Å². The van der Waals surface area contributed by atoms with Crippen molar-refractivity contribution in [1.82, 2.24) is 34.3 Å². The second-order valence-corrected chi connectivity index (χ2v) is 10.3. The summed E-state index contributed by atoms with van der Waals surface area (Å²) in [6.07, 6.45) is -1.02. The van der Waals surface area contributed by atoms with E-state index < -0.39 is 31.2 Å². The van der Waals surface area contributed by atoms with Crippen molar-refractivity contribution in [1.29, 1.82) is 0 Å². The molecule has 1 saturated carbocycles. The number of fused-ring (bicyclic) bond motifs is 1. The maximum absolute atomic E-state index is 13.4. The highest BCUT2D eigenvalue weighted by Crippen LogP contribution is 2.45. The highest BCUT2D eigenvalue weighted by atomic mass is 19.4. The van der Waals surface area contributed by atoms with Crippen LogP contribution in [0.2, 0.25) is 0 Å². The fraction of sp³-hybridized carbons (Fsp3) is 0.407. The molecular formula is C27H24F6N8O2. The summed E-state index contributed by atoms with van der Waals surface area (Å²) < 4.78 is 87.0. The summed E-state index contributed by atoms with van der Waals surface area (Å²) in [5.41, 5.74) is 0.470. The minimum Gasteiger partial charge on any atom is -0.416 e. The van der Waals surface area contributed by atoms with Crippen LogP contribution in [0.3, 0.4) is 0 Å². The fourth-order valence-corrected chi connectivity index (χ4v) is 4.92. The molecule has 4 aromatic rings. The van der Waals surface area contributed by atoms with Crippen molar-refractivity contribution in [3.8, 4) is 28.7 Å². The van der Waals surface area contributed by atoms with E-state index in [0.29, 0.717) is 16.8 Å². The largest absolute Gasteiger partial charge is 0.434 e. The van der Waals surface area contributed by atoms with E-state index in [0.717, 1.165) is 29.9 Å². The van der Waals surface area contributed by atoms with Gasteiger partial charge >= 0.3 is 12.8 Å². The van der Waals surface area contributed by atoms with Crippen molar-refractivity contribution in [2.24, 2.45) is 0 Å². The number of hydrogen-bond acceptors (Lipinski definition) is 7. The Morgan fingerprint density at radius 3 is 2.49 bits per heavy atom. The van der Waals surface area contributed by atoms with Crippen LogP contribution in [0.1, 0.15) is 55.1 Å². The molecule has 1 aromatic carbocycles. The van der Waals surface area contributed by atoms with Crippen molar-refractivity contribution in [3.63, 3.8) is 0 Å². The van der Waals surface area contributed by atoms with Gasteiger partial charge in [-0.2, -0.15) is 26.9 Å². The third-order valence-corrected chi connectivity index (χ3v) is 7.24. The van der Waals surface area contributed by atoms with Crippen LogP contribution in [0.5, 0.6) is 5.88 Å². The van der Waals surface area contributed by atoms with Gasteiger partial charge in [-0.15, -0.1) is 5.10 Å². The number of hydrogen-bond donors (Lipinski definition) is 0. The average Bonchev–Trinajstić information content (AvgIpc) is 3.56. The molecule has 4 heterocycles. The SMILES string of the molecule is CC(CF)n1cc(C(F)(F)F)nc1-c1ccc(CN2C(=O)CCn3nc(-c4c(OC(F)F)ncnc4C4CC4)nc32)cc1. The van der Waals surface area contributed by atoms with Crippen molar-refractivity contribution in [2.75, 3.05) is 11.6 Å². The van der Waals surface area contributed by atoms with E-state index in [1.165, 1.54) is 16.5 Å². The molecule has 1 amide bonds. The van der Waals surface area contributed by atoms with Crippen LogP contribution >= 0.6 is 0 Å². The van der Waals surface area contributed by atoms with Crippen molar-refractivity contribution in [2.45, 2.75) is 64.0 Å². The molecule has 0 radical (unpaired) electrons. The Morgan fingerprint density at radius 1 is 1.09 bits per heavy atom. The first kappa shape index (κ1) is 28.6. The monoisotopic (exact) mass is 606 g/mol. The van der Waals surface area contributed by atoms with Gasteiger partial charge in [0.25, 0.3) is 0 Å². The van der Waals surface area contributed by atoms with Gasteiger partial charge in [0.2, 0.25) is 17.7 Å². The van der Waals surface area contributed by atoms with Gasteiger partial charge in [-0.25, -0.2) is 24.0 Å². The molecule has 1 unspecified atom stereocenters. The second-order valence-electron chi connectivity index (χ2n) is 10.3. The van der Waals surface area contributed by atoms with Crippen molar-refractivity contribution < 1.29 is 35.9 Å². The lowest BCUT2D eigenvalue weighted by atomic mass is 10.1. The van der Waals surface area contributed by atoms with E-state index in [1.54, 1.807) is 24.3 Å². The first-order valence-electron chi connectivity index (χ1n) is 13.4. The summed E-state index contributed by atoms with van der Waals surface area (Å²) >= 11 is 0. The Hall–Kier alpha value is -4.50. The number of alkyl halides is 6. The molecule has 1 atom stereocenters. The molecule has 6 rings (SSSR count). The van der Waals surface area contributed by atoms with Gasteiger partial charge in [0, 0.05) is 24.1 Å². The minimum atomic E-state index is -4.70. The number of halogens is 6. The number of ether oxygens (including phenoxy) is 1. The van der Waals surface area contributed by atoms with Gasteiger partial charge < -0.3 is 9.30 Å². The van der Waals surface area contributed by atoms with Gasteiger partial charge in [-0.05, 0) is 25.3 Å². The number of amides is 1. The van der Waals surface area contributed by atoms with Crippen LogP contribution in [0.15, 0.2) is 36.8 Å². The molecule has 2 aliphatic rings. The zero-order valence-corrected chi connectivity index (χ0v) is 22.6. The summed E-state index contributed by atoms with van der Waals surface area (Å²) in [5, 5.41) is 4.47. The zero-order chi connectivity index (χ0) is 30.5. The number of carbonyl (C=O) groups is 1. The Morgan fingerprint density at radius 2 is 1.84 bits per heavy atom. The van der Waals surface area contributed by atoms with Gasteiger partial charge in [-0.3, -0.25) is 9.69 Å². The predicted molar refractivity (Wildman–Crippen MR) is 139 cm³/mol. The molecule has 0 saturated heterocycles. The molecule has 1 fully saturated rings. The molecule has 1 aliphatic heterocycles. The van der Waals surface area contributed by atoms with Gasteiger partial charge in [0.05, 0.1) is 24.8 Å². The maximum Gasteiger partial charge on any atom is 0.434 e. The molecule has 43 heavy (non-hydrogen) atoms. The number of benzene rings is 1. The van der Waals surface area contributed by atoms with Crippen LogP contribution in [0, 0.1) is 0 Å². The summed E-state index contributed by atoms with van der Waals surface area (Å²) in [6.45, 7) is -2.31. The standard InChI is InChI=1S/C27H24F6N8O2/c1-14(10-28)39-12-18(27(31,32)33)36-23(39)17-4-2-15(3-5-17)11-40-19(42)8-9-41-26(40)37-22(38-41)20-21(16-6-7-16)34-13-35-24(20)43-25(29)30/h2-5,12-14,16,25H,6-11H2,1H3. The number of nitrogens with zero attached hydrogens (tertiary/aromatic N) is 8. The molecule has 1 aliphatic carbocycles. The van der Waals surface area contributed by atoms with Crippen molar-refractivity contribution in [3.05, 3.63) is 53.7 Å². The minimum absolute atomic E-state index is 0.0329. The number of rotatable bonds is 9. The first-order chi connectivity index (χ1) is 20.5. The third kappa shape index (κ3) is 5.64. The third-order valence-electron chi connectivity index (χ3n) is 7.24. The number of aromatic nitrogens is 7. The molecule has 0 bridgehead atoms. The number of imidazole rings is 1. The fourth-order valence-electron chi connectivity index (χ4n) is 4.92. The number of anilines is 1. The van der Waals surface area contributed by atoms with E-state index in [2.05, 4.69) is 29.8 Å². The van der Waals surface area contributed by atoms with E-state index in [9.17, 15) is 31.1 Å². The van der Waals surface area contributed by atoms with Crippen LogP contribution in [-0.2, 0) is 24.1 Å². The summed E-state index contributed by atoms with van der Waals surface area (Å²) in [5.74, 6) is -0.374. The Kier molecular flexibility index (Phi) is 7.30. The lowest BCUT2D eigenvalue weighted by molar-refractivity contribution is -0.141. The molecule has 16 heteroatoms. The van der Waals surface area contributed by atoms with E-state index >= 15 is 0 Å². The number of carbonyl (C=O) groups excluding carboxylic acids is 1. The Bertz CT molecular complexity index is 1650. The lowest BCUT2D eigenvalue weighted by Crippen LogP contribution is -2.37. The normalized spacial score (nSPS) is 16.1. The topological polar surface area (TPSA) is 104 Å². The summed E-state index contributed by atoms with van der Waals surface area (Å²) in [7, 11) is 0. The first-order valence-corrected chi connectivity index (χ1v) is 13.4. The van der Waals surface area contributed by atoms with Crippen LogP contribution in [0.25, 0.3) is 22.8 Å². The number of aryl methyl sites for hydroxylation is 1. The van der Waals surface area contributed by atoms with Crippen LogP contribution in [-0.4, -0.2) is 53.5 Å². The van der Waals surface area contributed by atoms with Gasteiger partial charge in [0.1, 0.15) is 24.4 Å². The summed E-state index contributed by atoms with van der Waals surface area (Å²) in [4.78, 5) is 30.7. The summed E-state index contributed by atoms with van der Waals surface area (Å²) in [6, 6.07) is 5.46. The van der Waals surface area contributed by atoms with Gasteiger partial charge in [-0.1, -0.05) is 24.3 Å². The molecular weight excluding hydrogens is 582 g/mol. The second kappa shape index (κ2) is 11.0. The predicted octanol–water partition coefficient (Wildman–Crippen LogP) is 5.56. The van der Waals surface area contributed by atoms with E-state index in [4.69, 9.17) is 0 Å². The molecule has 3 aromatic heterocycles. The van der Waals surface area contributed by atoms with E-state index in [-0.39, 0.29) is 60.4 Å².